The third kappa shape index (κ3) is 7.60. The number of fused-ring (bicyclic) bond motifs is 1. The number of hydrogen-bond acceptors (Lipinski definition) is 8. The van der Waals surface area contributed by atoms with Crippen molar-refractivity contribution in [3.05, 3.63) is 63.8 Å². The second-order valence-corrected chi connectivity index (χ2v) is 14.8. The Bertz CT molecular complexity index is 1550. The van der Waals surface area contributed by atoms with Crippen LogP contribution in [0.15, 0.2) is 30.5 Å². The summed E-state index contributed by atoms with van der Waals surface area (Å²) in [6.45, 7) is 21.8. The van der Waals surface area contributed by atoms with E-state index in [9.17, 15) is 4.79 Å². The normalized spacial score (nSPS) is 17.3. The molecule has 1 fully saturated rings. The standard InChI is InChI=1S/C36H48ClN5O3/c1-22(2)44-33(43)32(45-35(5,6)7)30-24(4)39-23(3)29(31(30)41-18-14-36(8,9)15-19-41)26-10-11-27-21-42(17-13-25(27)20-26)28-12-16-38-34(37)40-28/h10-12,16,20,22,32H,13-15,17-19,21H2,1-9H3. The molecule has 3 aromatic rings. The number of esters is 1. The van der Waals surface area contributed by atoms with E-state index in [0.717, 1.165) is 85.0 Å². The summed E-state index contributed by atoms with van der Waals surface area (Å²) in [5.41, 5.74) is 7.99. The summed E-state index contributed by atoms with van der Waals surface area (Å²) < 4.78 is 12.4. The molecule has 8 nitrogen and oxygen atoms in total. The van der Waals surface area contributed by atoms with Gasteiger partial charge in [0.2, 0.25) is 5.28 Å². The van der Waals surface area contributed by atoms with Crippen molar-refractivity contribution in [3.63, 3.8) is 0 Å². The van der Waals surface area contributed by atoms with Crippen molar-refractivity contribution in [2.45, 2.75) is 106 Å². The molecule has 9 heteroatoms. The van der Waals surface area contributed by atoms with Crippen LogP contribution >= 0.6 is 11.6 Å². The number of rotatable bonds is 7. The van der Waals surface area contributed by atoms with Crippen LogP contribution in [0.3, 0.4) is 0 Å². The van der Waals surface area contributed by atoms with Crippen molar-refractivity contribution < 1.29 is 14.3 Å². The van der Waals surface area contributed by atoms with Gasteiger partial charge < -0.3 is 19.3 Å². The Morgan fingerprint density at radius 3 is 2.33 bits per heavy atom. The molecular formula is C36H48ClN5O3. The van der Waals surface area contributed by atoms with E-state index in [1.54, 1.807) is 6.20 Å². The minimum absolute atomic E-state index is 0.256. The van der Waals surface area contributed by atoms with Gasteiger partial charge in [0, 0.05) is 54.9 Å². The zero-order valence-corrected chi connectivity index (χ0v) is 29.1. The number of carbonyl (C=O) groups is 1. The maximum Gasteiger partial charge on any atom is 0.340 e. The lowest BCUT2D eigenvalue weighted by Crippen LogP contribution is -2.39. The molecule has 0 aliphatic carbocycles. The van der Waals surface area contributed by atoms with Crippen LogP contribution in [0.2, 0.25) is 5.28 Å². The monoisotopic (exact) mass is 633 g/mol. The van der Waals surface area contributed by atoms with E-state index in [1.165, 1.54) is 11.1 Å². The lowest BCUT2D eigenvalue weighted by Gasteiger charge is -2.41. The minimum Gasteiger partial charge on any atom is -0.461 e. The molecule has 0 bridgehead atoms. The van der Waals surface area contributed by atoms with Crippen LogP contribution in [0, 0.1) is 19.3 Å². The summed E-state index contributed by atoms with van der Waals surface area (Å²) in [7, 11) is 0. The van der Waals surface area contributed by atoms with Crippen molar-refractivity contribution in [3.8, 4) is 11.1 Å². The molecule has 1 saturated heterocycles. The Kier molecular flexibility index (Phi) is 9.48. The summed E-state index contributed by atoms with van der Waals surface area (Å²) in [6, 6.07) is 8.63. The maximum absolute atomic E-state index is 13.8. The molecule has 1 aromatic carbocycles. The molecule has 45 heavy (non-hydrogen) atoms. The fraction of sp³-hybridized carbons (Fsp3) is 0.556. The highest BCUT2D eigenvalue weighted by Crippen LogP contribution is 2.45. The Hall–Kier alpha value is -3.23. The molecule has 5 rings (SSSR count). The first-order valence-corrected chi connectivity index (χ1v) is 16.5. The summed E-state index contributed by atoms with van der Waals surface area (Å²) in [5.74, 6) is 0.454. The Labute approximate surface area is 273 Å². The average molecular weight is 634 g/mol. The highest BCUT2D eigenvalue weighted by Gasteiger charge is 2.38. The number of nitrogens with zero attached hydrogens (tertiary/aromatic N) is 5. The van der Waals surface area contributed by atoms with Crippen molar-refractivity contribution in [1.82, 2.24) is 15.0 Å². The van der Waals surface area contributed by atoms with Crippen molar-refractivity contribution >= 4 is 29.1 Å². The lowest BCUT2D eigenvalue weighted by molar-refractivity contribution is -0.171. The van der Waals surface area contributed by atoms with Gasteiger partial charge in [-0.1, -0.05) is 32.0 Å². The number of anilines is 2. The molecule has 0 spiro atoms. The van der Waals surface area contributed by atoms with Gasteiger partial charge in [0.25, 0.3) is 0 Å². The van der Waals surface area contributed by atoms with Crippen LogP contribution in [-0.2, 0) is 27.2 Å². The van der Waals surface area contributed by atoms with Gasteiger partial charge in [-0.05, 0) is 108 Å². The van der Waals surface area contributed by atoms with Crippen LogP contribution in [0.1, 0.15) is 95.5 Å². The number of aromatic nitrogens is 3. The number of pyridine rings is 1. The van der Waals surface area contributed by atoms with E-state index < -0.39 is 11.7 Å². The quantitative estimate of drug-likeness (QED) is 0.193. The summed E-state index contributed by atoms with van der Waals surface area (Å²) in [6.07, 6.45) is 3.51. The van der Waals surface area contributed by atoms with Crippen LogP contribution in [-0.4, -0.2) is 52.3 Å². The van der Waals surface area contributed by atoms with Gasteiger partial charge in [-0.15, -0.1) is 0 Å². The first-order chi connectivity index (χ1) is 21.1. The molecular weight excluding hydrogens is 586 g/mol. The van der Waals surface area contributed by atoms with Crippen LogP contribution < -0.4 is 9.80 Å². The highest BCUT2D eigenvalue weighted by atomic mass is 35.5. The Morgan fingerprint density at radius 2 is 1.69 bits per heavy atom. The number of ether oxygens (including phenoxy) is 2. The largest absolute Gasteiger partial charge is 0.461 e. The first-order valence-electron chi connectivity index (χ1n) is 16.1. The number of aryl methyl sites for hydroxylation is 2. The summed E-state index contributed by atoms with van der Waals surface area (Å²) in [4.78, 5) is 32.0. The SMILES string of the molecule is Cc1nc(C)c(C(OC(C)(C)C)C(=O)OC(C)C)c(N2CCC(C)(C)CC2)c1-c1ccc2c(c1)CCN(c1ccnc(Cl)n1)C2. The Morgan fingerprint density at radius 1 is 0.978 bits per heavy atom. The molecule has 2 aliphatic rings. The predicted octanol–water partition coefficient (Wildman–Crippen LogP) is 7.81. The minimum atomic E-state index is -0.907. The third-order valence-corrected chi connectivity index (χ3v) is 8.94. The van der Waals surface area contributed by atoms with Gasteiger partial charge >= 0.3 is 5.97 Å². The molecule has 0 N–H and O–H groups in total. The van der Waals surface area contributed by atoms with E-state index in [0.29, 0.717) is 0 Å². The molecule has 0 radical (unpaired) electrons. The predicted molar refractivity (Wildman–Crippen MR) is 181 cm³/mol. The fourth-order valence-corrected chi connectivity index (χ4v) is 6.59. The smallest absolute Gasteiger partial charge is 0.340 e. The van der Waals surface area contributed by atoms with Gasteiger partial charge in [0.15, 0.2) is 6.10 Å². The van der Waals surface area contributed by atoms with E-state index in [1.807, 2.05) is 47.6 Å². The van der Waals surface area contributed by atoms with Gasteiger partial charge in [-0.25, -0.2) is 14.8 Å². The van der Waals surface area contributed by atoms with Crippen LogP contribution in [0.4, 0.5) is 11.5 Å². The van der Waals surface area contributed by atoms with Crippen molar-refractivity contribution in [2.75, 3.05) is 29.4 Å². The summed E-state index contributed by atoms with van der Waals surface area (Å²) >= 11 is 6.09. The topological polar surface area (TPSA) is 80.7 Å². The van der Waals surface area contributed by atoms with Crippen LogP contribution in [0.5, 0.6) is 0 Å². The number of benzene rings is 1. The molecule has 1 unspecified atom stereocenters. The van der Waals surface area contributed by atoms with E-state index in [2.05, 4.69) is 58.7 Å². The molecule has 0 amide bonds. The molecule has 2 aliphatic heterocycles. The first kappa shape index (κ1) is 33.1. The molecule has 242 valence electrons. The van der Waals surface area contributed by atoms with Gasteiger partial charge in [0.1, 0.15) is 5.82 Å². The second kappa shape index (κ2) is 12.9. The summed E-state index contributed by atoms with van der Waals surface area (Å²) in [5, 5.41) is 0.256. The molecule has 4 heterocycles. The fourth-order valence-electron chi connectivity index (χ4n) is 6.45. The van der Waals surface area contributed by atoms with E-state index in [4.69, 9.17) is 26.1 Å². The number of hydrogen-bond donors (Lipinski definition) is 0. The van der Waals surface area contributed by atoms with Crippen LogP contribution in [0.25, 0.3) is 11.1 Å². The molecule has 0 saturated carbocycles. The van der Waals surface area contributed by atoms with Crippen molar-refractivity contribution in [2.24, 2.45) is 5.41 Å². The lowest BCUT2D eigenvalue weighted by atomic mass is 9.81. The van der Waals surface area contributed by atoms with Crippen molar-refractivity contribution in [1.29, 1.82) is 0 Å². The van der Waals surface area contributed by atoms with E-state index in [-0.39, 0.29) is 22.8 Å². The van der Waals surface area contributed by atoms with Gasteiger partial charge in [0.05, 0.1) is 17.4 Å². The third-order valence-electron chi connectivity index (χ3n) is 8.75. The van der Waals surface area contributed by atoms with Gasteiger partial charge in [-0.2, -0.15) is 0 Å². The van der Waals surface area contributed by atoms with Gasteiger partial charge in [-0.3, -0.25) is 4.98 Å². The number of carbonyl (C=O) groups excluding carboxylic acids is 1. The molecule has 1 atom stereocenters. The average Bonchev–Trinajstić information content (AvgIpc) is 2.94. The molecule has 2 aromatic heterocycles. The Balaban J connectivity index is 1.64. The zero-order chi connectivity index (χ0) is 32.7. The number of halogens is 1. The highest BCUT2D eigenvalue weighted by molar-refractivity contribution is 6.28. The second-order valence-electron chi connectivity index (χ2n) is 14.5. The zero-order valence-electron chi connectivity index (χ0n) is 28.3. The van der Waals surface area contributed by atoms with E-state index >= 15 is 0 Å². The maximum atomic E-state index is 13.8. The number of piperidine rings is 1.